The Morgan fingerprint density at radius 2 is 1.90 bits per heavy atom. The lowest BCUT2D eigenvalue weighted by atomic mass is 10.1. The van der Waals surface area contributed by atoms with Gasteiger partial charge >= 0.3 is 6.09 Å². The Hall–Kier alpha value is -1.58. The Bertz CT molecular complexity index is 421. The number of unbranched alkanes of at least 4 members (excludes halogenated alkanes) is 5. The molecule has 0 aromatic carbocycles. The van der Waals surface area contributed by atoms with Crippen LogP contribution in [-0.2, 0) is 6.54 Å². The van der Waals surface area contributed by atoms with Crippen LogP contribution >= 0.6 is 0 Å². The van der Waals surface area contributed by atoms with Crippen LogP contribution in [0, 0.1) is 0 Å². The molecule has 0 aliphatic carbocycles. The van der Waals surface area contributed by atoms with Gasteiger partial charge in [-0.15, -0.1) is 0 Å². The average Bonchev–Trinajstić information content (AvgIpc) is 2.50. The van der Waals surface area contributed by atoms with Gasteiger partial charge in [0.05, 0.1) is 0 Å². The van der Waals surface area contributed by atoms with E-state index >= 15 is 0 Å². The Morgan fingerprint density at radius 3 is 2.62 bits per heavy atom. The monoisotopic (exact) mass is 293 g/mol. The molecule has 4 heteroatoms. The lowest BCUT2D eigenvalue weighted by molar-refractivity contribution is -0.697. The third-order valence-corrected chi connectivity index (χ3v) is 3.59. The zero-order chi connectivity index (χ0) is 15.5. The summed E-state index contributed by atoms with van der Waals surface area (Å²) in [7, 11) is 1.73. The first-order valence-corrected chi connectivity index (χ1v) is 8.09. The number of aromatic nitrogens is 1. The summed E-state index contributed by atoms with van der Waals surface area (Å²) in [6, 6.07) is 3.74. The minimum Gasteiger partial charge on any atom is -0.404 e. The summed E-state index contributed by atoms with van der Waals surface area (Å²) in [6.45, 7) is 5.77. The molecule has 1 amide bonds. The topological polar surface area (TPSA) is 33.4 Å². The van der Waals surface area contributed by atoms with Gasteiger partial charge in [0.2, 0.25) is 6.20 Å². The van der Waals surface area contributed by atoms with Crippen LogP contribution in [0.25, 0.3) is 0 Å². The molecule has 0 aliphatic rings. The fourth-order valence-corrected chi connectivity index (χ4v) is 2.08. The first-order valence-electron chi connectivity index (χ1n) is 8.09. The molecule has 4 nitrogen and oxygen atoms in total. The minimum absolute atomic E-state index is 0.310. The summed E-state index contributed by atoms with van der Waals surface area (Å²) in [5.41, 5.74) is 0. The molecular formula is C17H29N2O2+. The molecule has 1 heterocycles. The predicted octanol–water partition coefficient (Wildman–Crippen LogP) is 3.79. The van der Waals surface area contributed by atoms with Gasteiger partial charge in [-0.3, -0.25) is 0 Å². The summed E-state index contributed by atoms with van der Waals surface area (Å²) < 4.78 is 7.42. The van der Waals surface area contributed by atoms with Gasteiger partial charge in [-0.25, -0.2) is 9.36 Å². The van der Waals surface area contributed by atoms with E-state index in [0.29, 0.717) is 12.3 Å². The molecule has 0 aliphatic heterocycles. The zero-order valence-corrected chi connectivity index (χ0v) is 13.7. The molecular weight excluding hydrogens is 264 g/mol. The van der Waals surface area contributed by atoms with Crippen molar-refractivity contribution < 1.29 is 14.1 Å². The number of hydrogen-bond donors (Lipinski definition) is 0. The zero-order valence-electron chi connectivity index (χ0n) is 13.7. The number of nitrogens with zero attached hydrogens (tertiary/aromatic N) is 2. The molecule has 1 aromatic heterocycles. The molecule has 0 atom stereocenters. The largest absolute Gasteiger partial charge is 0.415 e. The highest BCUT2D eigenvalue weighted by molar-refractivity contribution is 5.69. The van der Waals surface area contributed by atoms with Gasteiger partial charge < -0.3 is 9.64 Å². The fourth-order valence-electron chi connectivity index (χ4n) is 2.08. The first kappa shape index (κ1) is 17.5. The standard InChI is InChI=1S/C17H29N2O2/c1-4-6-7-8-9-10-13-19-14-11-12-16(15-19)21-17(20)18(3)5-2/h11-12,14-15H,4-10,13H2,1-3H3/q+1. The van der Waals surface area contributed by atoms with Crippen molar-refractivity contribution >= 4 is 6.09 Å². The molecule has 0 spiro atoms. The van der Waals surface area contributed by atoms with E-state index in [-0.39, 0.29) is 6.09 Å². The lowest BCUT2D eigenvalue weighted by Crippen LogP contribution is -2.34. The third-order valence-electron chi connectivity index (χ3n) is 3.59. The first-order chi connectivity index (χ1) is 10.2. The van der Waals surface area contributed by atoms with E-state index in [1.807, 2.05) is 31.5 Å². The van der Waals surface area contributed by atoms with E-state index in [2.05, 4.69) is 11.5 Å². The number of rotatable bonds is 9. The molecule has 0 unspecified atom stereocenters. The van der Waals surface area contributed by atoms with Gasteiger partial charge in [-0.2, -0.15) is 0 Å². The fraction of sp³-hybridized carbons (Fsp3) is 0.647. The van der Waals surface area contributed by atoms with E-state index in [4.69, 9.17) is 4.74 Å². The van der Waals surface area contributed by atoms with Crippen LogP contribution in [0.5, 0.6) is 5.75 Å². The lowest BCUT2D eigenvalue weighted by Gasteiger charge is -2.13. The highest BCUT2D eigenvalue weighted by Crippen LogP contribution is 2.08. The van der Waals surface area contributed by atoms with E-state index in [0.717, 1.165) is 6.54 Å². The predicted molar refractivity (Wildman–Crippen MR) is 84.3 cm³/mol. The van der Waals surface area contributed by atoms with Crippen LogP contribution in [0.2, 0.25) is 0 Å². The van der Waals surface area contributed by atoms with Crippen molar-refractivity contribution in [3.63, 3.8) is 0 Å². The number of pyridine rings is 1. The maximum atomic E-state index is 11.7. The van der Waals surface area contributed by atoms with Crippen molar-refractivity contribution in [3.05, 3.63) is 24.5 Å². The number of carbonyl (C=O) groups is 1. The van der Waals surface area contributed by atoms with E-state index in [1.54, 1.807) is 11.9 Å². The Morgan fingerprint density at radius 1 is 1.19 bits per heavy atom. The van der Waals surface area contributed by atoms with Crippen molar-refractivity contribution in [1.29, 1.82) is 0 Å². The van der Waals surface area contributed by atoms with Crippen molar-refractivity contribution in [2.24, 2.45) is 0 Å². The van der Waals surface area contributed by atoms with Crippen molar-refractivity contribution in [2.45, 2.75) is 58.9 Å². The van der Waals surface area contributed by atoms with Gasteiger partial charge in [0.15, 0.2) is 11.9 Å². The highest BCUT2D eigenvalue weighted by Gasteiger charge is 2.11. The summed E-state index contributed by atoms with van der Waals surface area (Å²) >= 11 is 0. The van der Waals surface area contributed by atoms with Crippen LogP contribution < -0.4 is 9.30 Å². The van der Waals surface area contributed by atoms with Crippen LogP contribution in [0.1, 0.15) is 52.4 Å². The number of ether oxygens (including phenoxy) is 1. The van der Waals surface area contributed by atoms with Crippen molar-refractivity contribution in [3.8, 4) is 5.75 Å². The second-order valence-corrected chi connectivity index (χ2v) is 5.43. The quantitative estimate of drug-likeness (QED) is 0.513. The summed E-state index contributed by atoms with van der Waals surface area (Å²) in [5.74, 6) is 0.605. The maximum Gasteiger partial charge on any atom is 0.415 e. The van der Waals surface area contributed by atoms with E-state index < -0.39 is 0 Å². The van der Waals surface area contributed by atoms with Gasteiger partial charge in [0.1, 0.15) is 6.54 Å². The summed E-state index contributed by atoms with van der Waals surface area (Å²) in [4.78, 5) is 13.3. The second-order valence-electron chi connectivity index (χ2n) is 5.43. The normalized spacial score (nSPS) is 10.4. The maximum absolute atomic E-state index is 11.7. The summed E-state index contributed by atoms with van der Waals surface area (Å²) in [5, 5.41) is 0. The Balaban J connectivity index is 2.36. The number of carbonyl (C=O) groups excluding carboxylic acids is 1. The highest BCUT2D eigenvalue weighted by atomic mass is 16.6. The van der Waals surface area contributed by atoms with Gasteiger partial charge in [-0.1, -0.05) is 32.6 Å². The molecule has 0 saturated heterocycles. The van der Waals surface area contributed by atoms with Crippen LogP contribution in [-0.4, -0.2) is 24.6 Å². The second kappa shape index (κ2) is 10.2. The van der Waals surface area contributed by atoms with Crippen molar-refractivity contribution in [1.82, 2.24) is 4.90 Å². The average molecular weight is 293 g/mol. The van der Waals surface area contributed by atoms with E-state index in [1.165, 1.54) is 38.5 Å². The Labute approximate surface area is 128 Å². The molecule has 0 bridgehead atoms. The van der Waals surface area contributed by atoms with Gasteiger partial charge in [0.25, 0.3) is 0 Å². The summed E-state index contributed by atoms with van der Waals surface area (Å²) in [6.07, 6.45) is 11.3. The molecule has 0 saturated carbocycles. The third kappa shape index (κ3) is 7.11. The van der Waals surface area contributed by atoms with E-state index in [9.17, 15) is 4.79 Å². The molecule has 21 heavy (non-hydrogen) atoms. The molecule has 0 N–H and O–H groups in total. The molecule has 1 aromatic rings. The smallest absolute Gasteiger partial charge is 0.404 e. The molecule has 0 radical (unpaired) electrons. The number of hydrogen-bond acceptors (Lipinski definition) is 2. The number of amides is 1. The van der Waals surface area contributed by atoms with Crippen LogP contribution in [0.15, 0.2) is 24.5 Å². The number of aryl methyl sites for hydroxylation is 1. The molecule has 0 fully saturated rings. The SMILES string of the molecule is CCCCCCCC[n+]1cccc(OC(=O)N(C)CC)c1. The van der Waals surface area contributed by atoms with Crippen LogP contribution in [0.3, 0.4) is 0 Å². The van der Waals surface area contributed by atoms with Crippen LogP contribution in [0.4, 0.5) is 4.79 Å². The molecule has 118 valence electrons. The van der Waals surface area contributed by atoms with Gasteiger partial charge in [0, 0.05) is 26.1 Å². The van der Waals surface area contributed by atoms with Gasteiger partial charge in [-0.05, 0) is 19.4 Å². The minimum atomic E-state index is -0.310. The Kier molecular flexibility index (Phi) is 8.48. The van der Waals surface area contributed by atoms with Crippen molar-refractivity contribution in [2.75, 3.05) is 13.6 Å². The molecule has 1 rings (SSSR count).